The maximum atomic E-state index is 4.40. The Morgan fingerprint density at radius 1 is 1.31 bits per heavy atom. The molecule has 0 amide bonds. The van der Waals surface area contributed by atoms with Crippen LogP contribution in [0.1, 0.15) is 44.1 Å². The minimum Gasteiger partial charge on any atom is -0.369 e. The molecule has 1 aromatic rings. The Morgan fingerprint density at radius 3 is 2.62 bits per heavy atom. The van der Waals surface area contributed by atoms with Crippen LogP contribution in [0, 0.1) is 19.3 Å². The minimum absolute atomic E-state index is 0.571. The third-order valence-corrected chi connectivity index (χ3v) is 3.35. The summed E-state index contributed by atoms with van der Waals surface area (Å²) in [6, 6.07) is 2.02. The summed E-state index contributed by atoms with van der Waals surface area (Å²) in [4.78, 5) is 8.68. The van der Waals surface area contributed by atoms with Gasteiger partial charge in [0.05, 0.1) is 0 Å². The van der Waals surface area contributed by atoms with Crippen LogP contribution >= 0.6 is 0 Å². The summed E-state index contributed by atoms with van der Waals surface area (Å²) >= 11 is 0. The molecule has 0 spiro atoms. The minimum atomic E-state index is 0.571. The van der Waals surface area contributed by atoms with Crippen molar-refractivity contribution in [1.82, 2.24) is 9.97 Å². The van der Waals surface area contributed by atoms with E-state index in [9.17, 15) is 0 Å². The van der Waals surface area contributed by atoms with E-state index < -0.39 is 0 Å². The smallest absolute Gasteiger partial charge is 0.129 e. The van der Waals surface area contributed by atoms with Crippen molar-refractivity contribution in [3.63, 3.8) is 0 Å². The zero-order valence-electron chi connectivity index (χ0n) is 10.5. The first-order chi connectivity index (χ1) is 7.63. The summed E-state index contributed by atoms with van der Waals surface area (Å²) in [5.41, 5.74) is 1.61. The fraction of sp³-hybridized carbons (Fsp3) is 0.692. The van der Waals surface area contributed by atoms with E-state index in [4.69, 9.17) is 0 Å². The van der Waals surface area contributed by atoms with Gasteiger partial charge < -0.3 is 5.32 Å². The number of nitrogens with zero attached hydrogens (tertiary/aromatic N) is 2. The molecule has 0 radical (unpaired) electrons. The van der Waals surface area contributed by atoms with Crippen molar-refractivity contribution < 1.29 is 0 Å². The van der Waals surface area contributed by atoms with Crippen LogP contribution in [0.25, 0.3) is 0 Å². The number of anilines is 1. The lowest BCUT2D eigenvalue weighted by molar-refractivity contribution is 0.485. The molecule has 1 aliphatic carbocycles. The number of nitrogens with one attached hydrogen (secondary N) is 1. The molecule has 0 aromatic carbocycles. The Morgan fingerprint density at radius 2 is 2.06 bits per heavy atom. The predicted octanol–water partition coefficient (Wildman–Crippen LogP) is 3.09. The molecular formula is C13H21N3. The Labute approximate surface area is 97.7 Å². The lowest BCUT2D eigenvalue weighted by atomic mass is 10.0. The fourth-order valence-corrected chi connectivity index (χ4v) is 2.31. The van der Waals surface area contributed by atoms with Gasteiger partial charge in [0, 0.05) is 18.3 Å². The molecule has 1 aromatic heterocycles. The topological polar surface area (TPSA) is 37.8 Å². The van der Waals surface area contributed by atoms with Crippen molar-refractivity contribution in [2.75, 3.05) is 11.9 Å². The van der Waals surface area contributed by atoms with E-state index in [0.717, 1.165) is 23.9 Å². The molecule has 88 valence electrons. The molecule has 0 bridgehead atoms. The standard InChI is InChI=1S/C13H21N3/c1-4-5-13(6-7-13)9-14-12-8-10(2)15-11(3)16-12/h8H,4-7,9H2,1-3H3,(H,14,15,16). The molecule has 1 aliphatic rings. The van der Waals surface area contributed by atoms with Crippen LogP contribution in [0.15, 0.2) is 6.07 Å². The molecule has 1 N–H and O–H groups in total. The maximum Gasteiger partial charge on any atom is 0.129 e. The first-order valence-electron chi connectivity index (χ1n) is 6.20. The van der Waals surface area contributed by atoms with Gasteiger partial charge in [-0.2, -0.15) is 0 Å². The highest BCUT2D eigenvalue weighted by atomic mass is 15.0. The molecule has 1 saturated carbocycles. The lowest BCUT2D eigenvalue weighted by Gasteiger charge is -2.15. The normalized spacial score (nSPS) is 17.2. The first kappa shape index (κ1) is 11.4. The van der Waals surface area contributed by atoms with Gasteiger partial charge in [-0.3, -0.25) is 0 Å². The van der Waals surface area contributed by atoms with E-state index in [-0.39, 0.29) is 0 Å². The van der Waals surface area contributed by atoms with E-state index in [0.29, 0.717) is 5.41 Å². The molecule has 16 heavy (non-hydrogen) atoms. The third-order valence-electron chi connectivity index (χ3n) is 3.35. The van der Waals surface area contributed by atoms with Crippen LogP contribution < -0.4 is 5.32 Å². The highest BCUT2D eigenvalue weighted by Crippen LogP contribution is 2.49. The van der Waals surface area contributed by atoms with Crippen LogP contribution in [-0.2, 0) is 0 Å². The largest absolute Gasteiger partial charge is 0.369 e. The van der Waals surface area contributed by atoms with Crippen molar-refractivity contribution in [1.29, 1.82) is 0 Å². The van der Waals surface area contributed by atoms with Crippen LogP contribution in [0.4, 0.5) is 5.82 Å². The van der Waals surface area contributed by atoms with Gasteiger partial charge in [0.2, 0.25) is 0 Å². The lowest BCUT2D eigenvalue weighted by Crippen LogP contribution is -2.16. The first-order valence-corrected chi connectivity index (χ1v) is 6.20. The summed E-state index contributed by atoms with van der Waals surface area (Å²) in [6.45, 7) is 7.28. The maximum absolute atomic E-state index is 4.40. The van der Waals surface area contributed by atoms with Crippen molar-refractivity contribution in [3.05, 3.63) is 17.6 Å². The Hall–Kier alpha value is -1.12. The van der Waals surface area contributed by atoms with Gasteiger partial charge in [0.25, 0.3) is 0 Å². The summed E-state index contributed by atoms with van der Waals surface area (Å²) in [7, 11) is 0. The Kier molecular flexibility index (Phi) is 3.13. The second-order valence-corrected chi connectivity index (χ2v) is 5.05. The summed E-state index contributed by atoms with van der Waals surface area (Å²) in [5.74, 6) is 1.83. The molecule has 1 heterocycles. The molecule has 0 atom stereocenters. The second kappa shape index (κ2) is 4.40. The number of rotatable bonds is 5. The zero-order valence-corrected chi connectivity index (χ0v) is 10.5. The predicted molar refractivity (Wildman–Crippen MR) is 66.6 cm³/mol. The average Bonchev–Trinajstić information content (AvgIpc) is 2.95. The Balaban J connectivity index is 1.94. The molecule has 0 aliphatic heterocycles. The van der Waals surface area contributed by atoms with Crippen LogP contribution in [0.3, 0.4) is 0 Å². The van der Waals surface area contributed by atoms with Gasteiger partial charge >= 0.3 is 0 Å². The van der Waals surface area contributed by atoms with Gasteiger partial charge in [-0.15, -0.1) is 0 Å². The highest BCUT2D eigenvalue weighted by Gasteiger charge is 2.41. The van der Waals surface area contributed by atoms with Crippen LogP contribution in [0.5, 0.6) is 0 Å². The van der Waals surface area contributed by atoms with E-state index in [1.165, 1.54) is 25.7 Å². The molecule has 1 fully saturated rings. The van der Waals surface area contributed by atoms with E-state index in [1.807, 2.05) is 19.9 Å². The zero-order chi connectivity index (χ0) is 11.6. The molecule has 0 saturated heterocycles. The van der Waals surface area contributed by atoms with Gasteiger partial charge in [-0.25, -0.2) is 9.97 Å². The molecule has 3 heteroatoms. The molecular weight excluding hydrogens is 198 g/mol. The SMILES string of the molecule is CCCC1(CNc2cc(C)nc(C)n2)CC1. The fourth-order valence-electron chi connectivity index (χ4n) is 2.31. The summed E-state index contributed by atoms with van der Waals surface area (Å²) in [5, 5.41) is 3.46. The molecule has 0 unspecified atom stereocenters. The van der Waals surface area contributed by atoms with Crippen molar-refractivity contribution in [2.24, 2.45) is 5.41 Å². The van der Waals surface area contributed by atoms with E-state index >= 15 is 0 Å². The average molecular weight is 219 g/mol. The third kappa shape index (κ3) is 2.71. The Bertz CT molecular complexity index is 349. The summed E-state index contributed by atoms with van der Waals surface area (Å²) in [6.07, 6.45) is 5.36. The van der Waals surface area contributed by atoms with Gasteiger partial charge in [0.15, 0.2) is 0 Å². The van der Waals surface area contributed by atoms with Crippen molar-refractivity contribution in [2.45, 2.75) is 46.5 Å². The number of aromatic nitrogens is 2. The molecule has 3 nitrogen and oxygen atoms in total. The van der Waals surface area contributed by atoms with Gasteiger partial charge in [-0.1, -0.05) is 13.3 Å². The highest BCUT2D eigenvalue weighted by molar-refractivity contribution is 5.36. The molecule has 2 rings (SSSR count). The number of hydrogen-bond acceptors (Lipinski definition) is 3. The van der Waals surface area contributed by atoms with Crippen molar-refractivity contribution >= 4 is 5.82 Å². The van der Waals surface area contributed by atoms with Gasteiger partial charge in [0.1, 0.15) is 11.6 Å². The van der Waals surface area contributed by atoms with Crippen LogP contribution in [0.2, 0.25) is 0 Å². The quantitative estimate of drug-likeness (QED) is 0.827. The summed E-state index contributed by atoms with van der Waals surface area (Å²) < 4.78 is 0. The van der Waals surface area contributed by atoms with Crippen molar-refractivity contribution in [3.8, 4) is 0 Å². The van der Waals surface area contributed by atoms with Crippen LogP contribution in [-0.4, -0.2) is 16.5 Å². The second-order valence-electron chi connectivity index (χ2n) is 5.05. The number of aryl methyl sites for hydroxylation is 2. The van der Waals surface area contributed by atoms with E-state index in [1.54, 1.807) is 0 Å². The monoisotopic (exact) mass is 219 g/mol. The van der Waals surface area contributed by atoms with E-state index in [2.05, 4.69) is 22.2 Å². The number of hydrogen-bond donors (Lipinski definition) is 1. The van der Waals surface area contributed by atoms with Gasteiger partial charge in [-0.05, 0) is 38.5 Å².